The molecule has 0 radical (unpaired) electrons. The van der Waals surface area contributed by atoms with Crippen molar-refractivity contribution in [2.75, 3.05) is 13.1 Å². The van der Waals surface area contributed by atoms with Gasteiger partial charge in [0.25, 0.3) is 5.91 Å². The zero-order chi connectivity index (χ0) is 17.6. The fourth-order valence-electron chi connectivity index (χ4n) is 4.55. The van der Waals surface area contributed by atoms with Crippen molar-refractivity contribution in [1.29, 1.82) is 0 Å². The maximum Gasteiger partial charge on any atom is 0.256 e. The predicted octanol–water partition coefficient (Wildman–Crippen LogP) is 2.11. The van der Waals surface area contributed by atoms with Crippen LogP contribution in [0.1, 0.15) is 40.9 Å². The highest BCUT2D eigenvalue weighted by molar-refractivity contribution is 5.98. The van der Waals surface area contributed by atoms with Gasteiger partial charge in [0.1, 0.15) is 12.7 Å². The first kappa shape index (κ1) is 15.3. The fraction of sp³-hybridized carbons (Fsp3) is 0.368. The number of nitrogens with zero attached hydrogens (tertiary/aromatic N) is 5. The molecule has 1 fully saturated rings. The summed E-state index contributed by atoms with van der Waals surface area (Å²) in [6.45, 7) is 1.54. The van der Waals surface area contributed by atoms with Gasteiger partial charge in [-0.1, -0.05) is 12.1 Å². The van der Waals surface area contributed by atoms with Gasteiger partial charge in [0.2, 0.25) is 0 Å². The topological polar surface area (TPSA) is 79.7 Å². The van der Waals surface area contributed by atoms with E-state index in [-0.39, 0.29) is 11.3 Å². The Morgan fingerprint density at radius 3 is 2.88 bits per heavy atom. The van der Waals surface area contributed by atoms with Crippen LogP contribution in [0, 0.1) is 0 Å². The maximum atomic E-state index is 13.4. The van der Waals surface area contributed by atoms with Crippen molar-refractivity contribution < 1.29 is 4.79 Å². The first-order valence-corrected chi connectivity index (χ1v) is 9.03. The third-order valence-corrected chi connectivity index (χ3v) is 5.82. The van der Waals surface area contributed by atoms with Crippen LogP contribution in [-0.4, -0.2) is 48.9 Å². The molecule has 1 aliphatic carbocycles. The lowest BCUT2D eigenvalue weighted by atomic mass is 9.77. The number of H-pyrrole nitrogens is 1. The molecule has 5 rings (SSSR count). The molecule has 3 heterocycles. The Morgan fingerprint density at radius 2 is 2.00 bits per heavy atom. The summed E-state index contributed by atoms with van der Waals surface area (Å²) in [5, 5.41) is 15.2. The number of rotatable bonds is 2. The minimum Gasteiger partial charge on any atom is -0.338 e. The van der Waals surface area contributed by atoms with Crippen LogP contribution in [0.3, 0.4) is 0 Å². The van der Waals surface area contributed by atoms with Crippen LogP contribution in [-0.2, 0) is 11.8 Å². The van der Waals surface area contributed by atoms with Gasteiger partial charge in [-0.25, -0.2) is 0 Å². The second-order valence-electron chi connectivity index (χ2n) is 7.27. The van der Waals surface area contributed by atoms with Gasteiger partial charge >= 0.3 is 0 Å². The molecule has 1 atom stereocenters. The molecule has 1 aliphatic heterocycles. The number of nitrogens with one attached hydrogen (secondary N) is 1. The molecule has 1 aromatic carbocycles. The zero-order valence-electron chi connectivity index (χ0n) is 14.4. The Hall–Kier alpha value is -2.96. The molecular weight excluding hydrogens is 328 g/mol. The lowest BCUT2D eigenvalue weighted by Crippen LogP contribution is -2.48. The number of hydrogen-bond acceptors (Lipinski definition) is 4. The summed E-state index contributed by atoms with van der Waals surface area (Å²) in [7, 11) is 0. The molecule has 1 amide bonds. The van der Waals surface area contributed by atoms with Gasteiger partial charge in [-0.3, -0.25) is 14.5 Å². The maximum absolute atomic E-state index is 13.4. The number of likely N-dealkylation sites (tertiary alicyclic amines) is 1. The first-order valence-electron chi connectivity index (χ1n) is 9.03. The number of carbonyl (C=O) groups is 1. The Bertz CT molecular complexity index is 947. The van der Waals surface area contributed by atoms with Gasteiger partial charge in [-0.15, -0.1) is 10.2 Å². The lowest BCUT2D eigenvalue weighted by Gasteiger charge is -2.40. The van der Waals surface area contributed by atoms with Crippen molar-refractivity contribution in [2.24, 2.45) is 0 Å². The Labute approximate surface area is 151 Å². The highest BCUT2D eigenvalue weighted by atomic mass is 16.2. The van der Waals surface area contributed by atoms with Crippen LogP contribution >= 0.6 is 0 Å². The highest BCUT2D eigenvalue weighted by Gasteiger charge is 2.44. The summed E-state index contributed by atoms with van der Waals surface area (Å²) in [5.41, 5.74) is 4.08. The van der Waals surface area contributed by atoms with Crippen LogP contribution in [0.4, 0.5) is 0 Å². The number of carbonyl (C=O) groups excluding carboxylic acids is 1. The number of aromatic amines is 1. The molecule has 1 N–H and O–H groups in total. The molecule has 3 aromatic rings. The third-order valence-electron chi connectivity index (χ3n) is 5.82. The molecule has 2 aliphatic rings. The van der Waals surface area contributed by atoms with E-state index in [0.29, 0.717) is 5.56 Å². The van der Waals surface area contributed by atoms with Gasteiger partial charge in [0, 0.05) is 24.2 Å². The van der Waals surface area contributed by atoms with Crippen LogP contribution in [0.15, 0.2) is 43.1 Å². The molecule has 7 heteroatoms. The van der Waals surface area contributed by atoms with Crippen molar-refractivity contribution in [3.05, 3.63) is 59.9 Å². The average molecular weight is 348 g/mol. The monoisotopic (exact) mass is 348 g/mol. The molecule has 0 bridgehead atoms. The molecule has 1 saturated heterocycles. The Kier molecular flexibility index (Phi) is 3.41. The zero-order valence-corrected chi connectivity index (χ0v) is 14.4. The molecule has 7 nitrogen and oxygen atoms in total. The smallest absolute Gasteiger partial charge is 0.256 e. The number of amides is 1. The molecule has 0 saturated carbocycles. The number of para-hydroxylation sites is 1. The van der Waals surface area contributed by atoms with Gasteiger partial charge in [0.15, 0.2) is 0 Å². The number of piperidine rings is 1. The molecule has 132 valence electrons. The Morgan fingerprint density at radius 1 is 1.15 bits per heavy atom. The standard InChI is InChI=1S/C19H20N6O/c26-18(15-4-1-2-5-16(15)25-12-21-22-13-25)24-9-3-7-19(11-24)8-6-14-10-20-23-17(14)19/h1-2,4-5,10,12-13H,3,6-9,11H2,(H,20,23). The van der Waals surface area contributed by atoms with Gasteiger partial charge in [-0.2, -0.15) is 5.10 Å². The van der Waals surface area contributed by atoms with Gasteiger partial charge in [0.05, 0.1) is 17.4 Å². The molecule has 2 aromatic heterocycles. The summed E-state index contributed by atoms with van der Waals surface area (Å²) in [5.74, 6) is 0.0707. The van der Waals surface area contributed by atoms with E-state index in [2.05, 4.69) is 20.4 Å². The summed E-state index contributed by atoms with van der Waals surface area (Å²) in [6.07, 6.45) is 9.44. The fourth-order valence-corrected chi connectivity index (χ4v) is 4.55. The van der Waals surface area contributed by atoms with Gasteiger partial charge < -0.3 is 4.90 Å². The van der Waals surface area contributed by atoms with E-state index in [1.165, 1.54) is 11.3 Å². The molecular formula is C19H20N6O. The number of benzene rings is 1. The predicted molar refractivity (Wildman–Crippen MR) is 95.1 cm³/mol. The van der Waals surface area contributed by atoms with E-state index in [0.717, 1.165) is 44.5 Å². The average Bonchev–Trinajstić information content (AvgIpc) is 3.42. The Balaban J connectivity index is 1.47. The SMILES string of the molecule is O=C(c1ccccc1-n1cnnc1)N1CCCC2(CCc3cn[nH]c32)C1. The van der Waals surface area contributed by atoms with Crippen molar-refractivity contribution in [2.45, 2.75) is 31.1 Å². The molecule has 1 spiro atoms. The van der Waals surface area contributed by atoms with Crippen LogP contribution < -0.4 is 0 Å². The summed E-state index contributed by atoms with van der Waals surface area (Å²) >= 11 is 0. The lowest BCUT2D eigenvalue weighted by molar-refractivity contribution is 0.0633. The number of aromatic nitrogens is 5. The largest absolute Gasteiger partial charge is 0.338 e. The second-order valence-corrected chi connectivity index (χ2v) is 7.27. The summed E-state index contributed by atoms with van der Waals surface area (Å²) in [4.78, 5) is 15.4. The number of hydrogen-bond donors (Lipinski definition) is 1. The number of fused-ring (bicyclic) bond motifs is 2. The molecule has 26 heavy (non-hydrogen) atoms. The highest BCUT2D eigenvalue weighted by Crippen LogP contribution is 2.44. The van der Waals surface area contributed by atoms with Crippen LogP contribution in [0.5, 0.6) is 0 Å². The summed E-state index contributed by atoms with van der Waals surface area (Å²) in [6, 6.07) is 7.65. The quantitative estimate of drug-likeness (QED) is 0.769. The van der Waals surface area contributed by atoms with Gasteiger partial charge in [-0.05, 0) is 43.4 Å². The van der Waals surface area contributed by atoms with Crippen molar-refractivity contribution in [1.82, 2.24) is 29.9 Å². The second kappa shape index (κ2) is 5.79. The minimum atomic E-state index is 0.0330. The van der Waals surface area contributed by atoms with Crippen LogP contribution in [0.25, 0.3) is 5.69 Å². The summed E-state index contributed by atoms with van der Waals surface area (Å²) < 4.78 is 1.79. The van der Waals surface area contributed by atoms with E-state index in [9.17, 15) is 4.79 Å². The third kappa shape index (κ3) is 2.27. The van der Waals surface area contributed by atoms with E-state index in [1.54, 1.807) is 17.2 Å². The number of aryl methyl sites for hydroxylation is 1. The van der Waals surface area contributed by atoms with Crippen molar-refractivity contribution in [3.8, 4) is 5.69 Å². The van der Waals surface area contributed by atoms with E-state index < -0.39 is 0 Å². The van der Waals surface area contributed by atoms with E-state index in [4.69, 9.17) is 0 Å². The van der Waals surface area contributed by atoms with Crippen molar-refractivity contribution >= 4 is 5.91 Å². The minimum absolute atomic E-state index is 0.0330. The van der Waals surface area contributed by atoms with E-state index >= 15 is 0 Å². The van der Waals surface area contributed by atoms with Crippen LogP contribution in [0.2, 0.25) is 0 Å². The molecule has 1 unspecified atom stereocenters. The van der Waals surface area contributed by atoms with Crippen molar-refractivity contribution in [3.63, 3.8) is 0 Å². The van der Waals surface area contributed by atoms with E-state index in [1.807, 2.05) is 35.4 Å². The first-order chi connectivity index (χ1) is 12.8. The normalized spacial score (nSPS) is 21.9.